The lowest BCUT2D eigenvalue weighted by Crippen LogP contribution is -2.45. The van der Waals surface area contributed by atoms with Gasteiger partial charge in [-0.15, -0.1) is 0 Å². The molecular weight excluding hydrogens is 394 g/mol. The maximum atomic E-state index is 12.8. The molecule has 9 nitrogen and oxygen atoms in total. The van der Waals surface area contributed by atoms with Crippen LogP contribution in [0.1, 0.15) is 18.5 Å². The monoisotopic (exact) mass is 419 g/mol. The standard InChI is InChI=1S/C19H25N5O4S/c1-22-12-18(21-13-22)29(26,27)24-8-6-14-9-16(28-17(14)11-24)19(25)23(2)10-15-5-3-4-7-20-15/h3-5,7,12-14,16-17H,6,8-11H2,1-2H3/t14-,16+,17+/m0/s1. The van der Waals surface area contributed by atoms with E-state index < -0.39 is 16.1 Å². The number of likely N-dealkylation sites (N-methyl/N-ethyl adjacent to an activating group) is 1. The Bertz CT molecular complexity index is 977. The number of fused-ring (bicyclic) bond motifs is 1. The summed E-state index contributed by atoms with van der Waals surface area (Å²) >= 11 is 0. The maximum Gasteiger partial charge on any atom is 0.262 e. The summed E-state index contributed by atoms with van der Waals surface area (Å²) in [4.78, 5) is 22.7. The fraction of sp³-hybridized carbons (Fsp3) is 0.526. The number of amides is 1. The second kappa shape index (κ2) is 7.85. The van der Waals surface area contributed by atoms with Crippen LogP contribution < -0.4 is 0 Å². The molecule has 2 aromatic rings. The predicted octanol–water partition coefficient (Wildman–Crippen LogP) is 0.642. The Morgan fingerprint density at radius 2 is 2.17 bits per heavy atom. The number of aryl methyl sites for hydroxylation is 1. The van der Waals surface area contributed by atoms with Crippen LogP contribution in [0, 0.1) is 5.92 Å². The number of aromatic nitrogens is 3. The van der Waals surface area contributed by atoms with Gasteiger partial charge in [-0.2, -0.15) is 4.31 Å². The fourth-order valence-corrected chi connectivity index (χ4v) is 5.43. The van der Waals surface area contributed by atoms with Crippen molar-refractivity contribution in [3.63, 3.8) is 0 Å². The second-order valence-electron chi connectivity index (χ2n) is 7.70. The van der Waals surface area contributed by atoms with Crippen LogP contribution in [0.5, 0.6) is 0 Å². The first-order valence-corrected chi connectivity index (χ1v) is 11.1. The zero-order valence-corrected chi connectivity index (χ0v) is 17.3. The molecular formula is C19H25N5O4S. The molecule has 10 heteroatoms. The molecule has 156 valence electrons. The van der Waals surface area contributed by atoms with Crippen LogP contribution in [0.25, 0.3) is 0 Å². The Balaban J connectivity index is 1.39. The van der Waals surface area contributed by atoms with Crippen LogP contribution in [0.2, 0.25) is 0 Å². The van der Waals surface area contributed by atoms with Crippen LogP contribution in [-0.4, -0.2) is 70.4 Å². The van der Waals surface area contributed by atoms with E-state index in [2.05, 4.69) is 9.97 Å². The van der Waals surface area contributed by atoms with Gasteiger partial charge in [-0.05, 0) is 30.9 Å². The van der Waals surface area contributed by atoms with Crippen LogP contribution in [0.4, 0.5) is 0 Å². The van der Waals surface area contributed by atoms with E-state index >= 15 is 0 Å². The quantitative estimate of drug-likeness (QED) is 0.706. The Morgan fingerprint density at radius 3 is 2.86 bits per heavy atom. The van der Waals surface area contributed by atoms with Gasteiger partial charge < -0.3 is 14.2 Å². The van der Waals surface area contributed by atoms with Gasteiger partial charge in [0.05, 0.1) is 24.7 Å². The number of piperidine rings is 1. The minimum atomic E-state index is -3.66. The van der Waals surface area contributed by atoms with Crippen LogP contribution in [0.15, 0.2) is 41.9 Å². The number of carbonyl (C=O) groups is 1. The molecule has 2 saturated heterocycles. The van der Waals surface area contributed by atoms with Gasteiger partial charge >= 0.3 is 0 Å². The lowest BCUT2D eigenvalue weighted by atomic mass is 9.92. The SMILES string of the molecule is CN(Cc1ccccn1)C(=O)[C@H]1C[C@@H]2CCN(S(=O)(=O)c3cn(C)cn3)C[C@H]2O1. The highest BCUT2D eigenvalue weighted by molar-refractivity contribution is 7.89. The van der Waals surface area contributed by atoms with Crippen LogP contribution in [0.3, 0.4) is 0 Å². The third-order valence-corrected chi connectivity index (χ3v) is 7.33. The molecule has 29 heavy (non-hydrogen) atoms. The Morgan fingerprint density at radius 1 is 1.34 bits per heavy atom. The van der Waals surface area contributed by atoms with Crippen LogP contribution in [-0.2, 0) is 33.1 Å². The molecule has 2 aromatic heterocycles. The first-order valence-electron chi connectivity index (χ1n) is 9.63. The first kappa shape index (κ1) is 20.0. The van der Waals surface area contributed by atoms with E-state index in [9.17, 15) is 13.2 Å². The van der Waals surface area contributed by atoms with Gasteiger partial charge in [0.2, 0.25) is 0 Å². The number of pyridine rings is 1. The number of hydrogen-bond donors (Lipinski definition) is 0. The smallest absolute Gasteiger partial charge is 0.262 e. The summed E-state index contributed by atoms with van der Waals surface area (Å²) in [5, 5.41) is 0.0409. The predicted molar refractivity (Wildman–Crippen MR) is 104 cm³/mol. The summed E-state index contributed by atoms with van der Waals surface area (Å²) in [5.74, 6) is 0.0894. The van der Waals surface area contributed by atoms with Gasteiger partial charge in [-0.25, -0.2) is 13.4 Å². The van der Waals surface area contributed by atoms with Crippen molar-refractivity contribution >= 4 is 15.9 Å². The summed E-state index contributed by atoms with van der Waals surface area (Å²) < 4.78 is 34.7. The number of hydrogen-bond acceptors (Lipinski definition) is 6. The van der Waals surface area contributed by atoms with Gasteiger partial charge in [-0.3, -0.25) is 9.78 Å². The molecule has 0 bridgehead atoms. The summed E-state index contributed by atoms with van der Waals surface area (Å²) in [6, 6.07) is 5.60. The average molecular weight is 420 g/mol. The molecule has 0 N–H and O–H groups in total. The van der Waals surface area contributed by atoms with Crippen molar-refractivity contribution in [3.8, 4) is 0 Å². The van der Waals surface area contributed by atoms with E-state index in [1.165, 1.54) is 16.8 Å². The highest BCUT2D eigenvalue weighted by Gasteiger charge is 2.45. The highest BCUT2D eigenvalue weighted by Crippen LogP contribution is 2.35. The van der Waals surface area contributed by atoms with Crippen molar-refractivity contribution in [2.75, 3.05) is 20.1 Å². The van der Waals surface area contributed by atoms with Crippen molar-refractivity contribution in [3.05, 3.63) is 42.6 Å². The minimum Gasteiger partial charge on any atom is -0.363 e. The van der Waals surface area contributed by atoms with E-state index in [1.54, 1.807) is 29.8 Å². The molecule has 1 amide bonds. The Kier molecular flexibility index (Phi) is 5.41. The number of sulfonamides is 1. The first-order chi connectivity index (χ1) is 13.8. The van der Waals surface area contributed by atoms with Crippen molar-refractivity contribution in [2.24, 2.45) is 13.0 Å². The summed E-state index contributed by atoms with van der Waals surface area (Å²) in [6.07, 6.45) is 5.13. The third kappa shape index (κ3) is 4.05. The third-order valence-electron chi connectivity index (χ3n) is 5.58. The molecule has 4 rings (SSSR count). The highest BCUT2D eigenvalue weighted by atomic mass is 32.2. The molecule has 0 unspecified atom stereocenters. The normalized spacial score (nSPS) is 25.0. The van der Waals surface area contributed by atoms with Crippen molar-refractivity contribution in [1.82, 2.24) is 23.7 Å². The van der Waals surface area contributed by atoms with E-state index in [-0.39, 0.29) is 29.5 Å². The Labute approximate surface area is 170 Å². The number of carbonyl (C=O) groups excluding carboxylic acids is 1. The van der Waals surface area contributed by atoms with Crippen molar-refractivity contribution in [2.45, 2.75) is 36.6 Å². The zero-order valence-electron chi connectivity index (χ0n) is 16.5. The number of ether oxygens (including phenoxy) is 1. The molecule has 2 aliphatic rings. The second-order valence-corrected chi connectivity index (χ2v) is 9.59. The van der Waals surface area contributed by atoms with Gasteiger partial charge in [0.25, 0.3) is 15.9 Å². The average Bonchev–Trinajstić information content (AvgIpc) is 3.34. The van der Waals surface area contributed by atoms with E-state index in [0.717, 1.165) is 5.69 Å². The fourth-order valence-electron chi connectivity index (χ4n) is 3.99. The van der Waals surface area contributed by atoms with Gasteiger partial charge in [-0.1, -0.05) is 6.07 Å². The van der Waals surface area contributed by atoms with Gasteiger partial charge in [0.1, 0.15) is 6.10 Å². The number of rotatable bonds is 5. The maximum absolute atomic E-state index is 12.8. The largest absolute Gasteiger partial charge is 0.363 e. The summed E-state index contributed by atoms with van der Waals surface area (Å²) in [7, 11) is -0.188. The summed E-state index contributed by atoms with van der Waals surface area (Å²) in [5.41, 5.74) is 0.811. The lowest BCUT2D eigenvalue weighted by molar-refractivity contribution is -0.142. The topological polar surface area (TPSA) is 97.6 Å². The molecule has 2 aliphatic heterocycles. The molecule has 0 saturated carbocycles. The van der Waals surface area contributed by atoms with Crippen molar-refractivity contribution < 1.29 is 17.9 Å². The van der Waals surface area contributed by atoms with Gasteiger partial charge in [0, 0.05) is 39.6 Å². The minimum absolute atomic E-state index is 0.0409. The molecule has 3 atom stereocenters. The molecule has 0 radical (unpaired) electrons. The molecule has 0 aromatic carbocycles. The number of imidazole rings is 1. The summed E-state index contributed by atoms with van der Waals surface area (Å²) in [6.45, 7) is 1.07. The molecule has 0 spiro atoms. The van der Waals surface area contributed by atoms with Gasteiger partial charge in [0.15, 0.2) is 5.03 Å². The van der Waals surface area contributed by atoms with E-state index in [1.807, 2.05) is 18.2 Å². The number of nitrogens with zero attached hydrogens (tertiary/aromatic N) is 5. The lowest BCUT2D eigenvalue weighted by Gasteiger charge is -2.32. The molecule has 4 heterocycles. The molecule has 2 fully saturated rings. The van der Waals surface area contributed by atoms with E-state index in [0.29, 0.717) is 25.9 Å². The van der Waals surface area contributed by atoms with Crippen LogP contribution >= 0.6 is 0 Å². The Hall–Kier alpha value is -2.30. The van der Waals surface area contributed by atoms with E-state index in [4.69, 9.17) is 4.74 Å². The van der Waals surface area contributed by atoms with Crippen molar-refractivity contribution in [1.29, 1.82) is 0 Å². The molecule has 0 aliphatic carbocycles. The zero-order chi connectivity index (χ0) is 20.6.